The Morgan fingerprint density at radius 2 is 1.89 bits per heavy atom. The van der Waals surface area contributed by atoms with Crippen LogP contribution in [0.3, 0.4) is 0 Å². The van der Waals surface area contributed by atoms with Gasteiger partial charge in [-0.05, 0) is 55.7 Å². The Kier molecular flexibility index (Phi) is 4.54. The van der Waals surface area contributed by atoms with E-state index in [0.717, 1.165) is 59.7 Å². The van der Waals surface area contributed by atoms with Crippen molar-refractivity contribution in [3.05, 3.63) is 40.6 Å². The fourth-order valence-electron chi connectivity index (χ4n) is 4.95. The highest BCUT2D eigenvalue weighted by Crippen LogP contribution is 2.46. The molecule has 0 radical (unpaired) electrons. The average molecular weight is 367 g/mol. The summed E-state index contributed by atoms with van der Waals surface area (Å²) in [7, 11) is 3.46. The summed E-state index contributed by atoms with van der Waals surface area (Å²) in [5.74, 6) is -0.700. The number of carbonyl (C=O) groups excluding carboxylic acids is 1. The van der Waals surface area contributed by atoms with Crippen molar-refractivity contribution in [3.8, 4) is 0 Å². The number of aromatic carboxylic acids is 1. The first-order chi connectivity index (χ1) is 13.0. The number of allylic oxidation sites excluding steroid dienone is 1. The molecule has 1 heterocycles. The van der Waals surface area contributed by atoms with Crippen LogP contribution < -0.4 is 0 Å². The van der Waals surface area contributed by atoms with E-state index in [9.17, 15) is 14.7 Å². The van der Waals surface area contributed by atoms with Gasteiger partial charge in [0.15, 0.2) is 0 Å². The van der Waals surface area contributed by atoms with Crippen LogP contribution in [0.15, 0.2) is 23.8 Å². The van der Waals surface area contributed by atoms with Crippen molar-refractivity contribution in [2.24, 2.45) is 7.05 Å². The lowest BCUT2D eigenvalue weighted by Crippen LogP contribution is -2.07. The lowest BCUT2D eigenvalue weighted by atomic mass is 9.92. The highest BCUT2D eigenvalue weighted by Gasteiger charge is 2.31. The standard InChI is InChI=1S/C22H25NO4/c1-23-18-12-14(21(24)25)10-11-17(18)19(20(23)13-6-3-4-7-13)15-8-5-9-16(15)22(26)27-2/h10-13H,3-9H2,1-2H3,(H,24,25). The van der Waals surface area contributed by atoms with Crippen molar-refractivity contribution >= 4 is 28.4 Å². The number of aromatic nitrogens is 1. The van der Waals surface area contributed by atoms with E-state index in [-0.39, 0.29) is 5.97 Å². The van der Waals surface area contributed by atoms with Crippen LogP contribution >= 0.6 is 0 Å². The van der Waals surface area contributed by atoms with E-state index in [1.165, 1.54) is 25.6 Å². The Balaban J connectivity index is 2.01. The lowest BCUT2D eigenvalue weighted by Gasteiger charge is -2.16. The number of carbonyl (C=O) groups is 2. The van der Waals surface area contributed by atoms with Crippen LogP contribution in [0.1, 0.15) is 72.5 Å². The van der Waals surface area contributed by atoms with Crippen LogP contribution in [-0.2, 0) is 16.6 Å². The van der Waals surface area contributed by atoms with Crippen LogP contribution in [0.4, 0.5) is 0 Å². The van der Waals surface area contributed by atoms with Crippen molar-refractivity contribution in [2.45, 2.75) is 50.9 Å². The number of carboxylic acid groups (broad SMARTS) is 1. The predicted octanol–water partition coefficient (Wildman–Crippen LogP) is 4.64. The molecule has 0 unspecified atom stereocenters. The van der Waals surface area contributed by atoms with Gasteiger partial charge in [0, 0.05) is 34.8 Å². The molecule has 0 bridgehead atoms. The number of benzene rings is 1. The molecule has 27 heavy (non-hydrogen) atoms. The summed E-state index contributed by atoms with van der Waals surface area (Å²) in [5.41, 5.74) is 5.50. The zero-order valence-electron chi connectivity index (χ0n) is 15.9. The third-order valence-corrected chi connectivity index (χ3v) is 6.19. The van der Waals surface area contributed by atoms with Gasteiger partial charge in [-0.3, -0.25) is 0 Å². The minimum Gasteiger partial charge on any atom is -0.478 e. The van der Waals surface area contributed by atoms with Gasteiger partial charge in [0.05, 0.1) is 12.7 Å². The summed E-state index contributed by atoms with van der Waals surface area (Å²) in [6.45, 7) is 0. The fraction of sp³-hybridized carbons (Fsp3) is 0.455. The maximum Gasteiger partial charge on any atom is 0.335 e. The van der Waals surface area contributed by atoms with Crippen molar-refractivity contribution < 1.29 is 19.4 Å². The number of esters is 1. The molecule has 5 heteroatoms. The Labute approximate surface area is 158 Å². The van der Waals surface area contributed by atoms with Crippen molar-refractivity contribution in [1.29, 1.82) is 0 Å². The molecule has 0 spiro atoms. The van der Waals surface area contributed by atoms with Crippen molar-refractivity contribution in [1.82, 2.24) is 4.57 Å². The summed E-state index contributed by atoms with van der Waals surface area (Å²) >= 11 is 0. The molecular formula is C22H25NO4. The molecule has 0 amide bonds. The largest absolute Gasteiger partial charge is 0.478 e. The second-order valence-electron chi connectivity index (χ2n) is 7.64. The van der Waals surface area contributed by atoms with E-state index < -0.39 is 5.97 Å². The maximum atomic E-state index is 12.4. The molecule has 1 saturated carbocycles. The minimum absolute atomic E-state index is 0.237. The number of hydrogen-bond donors (Lipinski definition) is 1. The molecule has 1 N–H and O–H groups in total. The number of carboxylic acids is 1. The van der Waals surface area contributed by atoms with Gasteiger partial charge in [-0.1, -0.05) is 18.9 Å². The van der Waals surface area contributed by atoms with E-state index in [0.29, 0.717) is 11.5 Å². The molecule has 1 aromatic carbocycles. The van der Waals surface area contributed by atoms with E-state index >= 15 is 0 Å². The topological polar surface area (TPSA) is 68.5 Å². The van der Waals surface area contributed by atoms with E-state index in [1.807, 2.05) is 13.1 Å². The molecule has 1 fully saturated rings. The monoisotopic (exact) mass is 367 g/mol. The first-order valence-electron chi connectivity index (χ1n) is 9.69. The van der Waals surface area contributed by atoms with Gasteiger partial charge >= 0.3 is 11.9 Å². The van der Waals surface area contributed by atoms with E-state index in [4.69, 9.17) is 4.74 Å². The Bertz CT molecular complexity index is 960. The molecule has 2 aliphatic rings. The number of fused-ring (bicyclic) bond motifs is 1. The molecule has 1 aromatic heterocycles. The maximum absolute atomic E-state index is 12.4. The highest BCUT2D eigenvalue weighted by molar-refractivity contribution is 6.05. The lowest BCUT2D eigenvalue weighted by molar-refractivity contribution is -0.136. The Hall–Kier alpha value is -2.56. The average Bonchev–Trinajstić information content (AvgIpc) is 3.39. The van der Waals surface area contributed by atoms with Crippen LogP contribution in [0.25, 0.3) is 16.5 Å². The summed E-state index contributed by atoms with van der Waals surface area (Å²) in [5, 5.41) is 10.4. The summed E-state index contributed by atoms with van der Waals surface area (Å²) < 4.78 is 7.20. The van der Waals surface area contributed by atoms with Crippen LogP contribution in [0.5, 0.6) is 0 Å². The quantitative estimate of drug-likeness (QED) is 0.799. The van der Waals surface area contributed by atoms with E-state index in [1.54, 1.807) is 12.1 Å². The number of hydrogen-bond acceptors (Lipinski definition) is 3. The number of aryl methyl sites for hydroxylation is 1. The third-order valence-electron chi connectivity index (χ3n) is 6.19. The summed E-state index contributed by atoms with van der Waals surface area (Å²) in [4.78, 5) is 23.8. The zero-order chi connectivity index (χ0) is 19.1. The van der Waals surface area contributed by atoms with Gasteiger partial charge in [0.2, 0.25) is 0 Å². The number of methoxy groups -OCH3 is 1. The molecule has 2 aliphatic carbocycles. The van der Waals surface area contributed by atoms with Gasteiger partial charge in [-0.25, -0.2) is 9.59 Å². The molecule has 4 rings (SSSR count). The Morgan fingerprint density at radius 1 is 1.15 bits per heavy atom. The van der Waals surface area contributed by atoms with E-state index in [2.05, 4.69) is 4.57 Å². The molecule has 0 aliphatic heterocycles. The highest BCUT2D eigenvalue weighted by atomic mass is 16.5. The molecule has 0 atom stereocenters. The second kappa shape index (κ2) is 6.87. The normalized spacial score (nSPS) is 17.9. The van der Waals surface area contributed by atoms with Crippen molar-refractivity contribution in [3.63, 3.8) is 0 Å². The summed E-state index contributed by atoms with van der Waals surface area (Å²) in [6, 6.07) is 5.33. The third kappa shape index (κ3) is 2.85. The minimum atomic E-state index is -0.919. The number of rotatable bonds is 4. The SMILES string of the molecule is COC(=O)C1=C(c2c(C3CCCC3)n(C)c3cc(C(=O)O)ccc23)CCC1. The van der Waals surface area contributed by atoms with Gasteiger partial charge in [0.1, 0.15) is 0 Å². The van der Waals surface area contributed by atoms with Gasteiger partial charge < -0.3 is 14.4 Å². The molecule has 0 saturated heterocycles. The fourth-order valence-corrected chi connectivity index (χ4v) is 4.95. The first kappa shape index (κ1) is 17.8. The molecule has 2 aromatic rings. The first-order valence-corrected chi connectivity index (χ1v) is 9.69. The Morgan fingerprint density at radius 3 is 2.56 bits per heavy atom. The molecule has 142 valence electrons. The molecular weight excluding hydrogens is 342 g/mol. The van der Waals surface area contributed by atoms with Crippen LogP contribution in [-0.4, -0.2) is 28.7 Å². The van der Waals surface area contributed by atoms with Crippen LogP contribution in [0, 0.1) is 0 Å². The second-order valence-corrected chi connectivity index (χ2v) is 7.64. The van der Waals surface area contributed by atoms with Gasteiger partial charge in [0.25, 0.3) is 0 Å². The van der Waals surface area contributed by atoms with Crippen LogP contribution in [0.2, 0.25) is 0 Å². The van der Waals surface area contributed by atoms with Gasteiger partial charge in [-0.15, -0.1) is 0 Å². The van der Waals surface area contributed by atoms with Crippen molar-refractivity contribution in [2.75, 3.05) is 7.11 Å². The number of nitrogens with zero attached hydrogens (tertiary/aromatic N) is 1. The molecule has 5 nitrogen and oxygen atoms in total. The predicted molar refractivity (Wildman–Crippen MR) is 104 cm³/mol. The zero-order valence-corrected chi connectivity index (χ0v) is 15.9. The van der Waals surface area contributed by atoms with Gasteiger partial charge in [-0.2, -0.15) is 0 Å². The smallest absolute Gasteiger partial charge is 0.335 e. The summed E-state index contributed by atoms with van der Waals surface area (Å²) in [6.07, 6.45) is 7.28. The number of ether oxygens (including phenoxy) is 1.